The average Bonchev–Trinajstić information content (AvgIpc) is 3.39. The molecule has 0 saturated heterocycles. The number of aryl methyl sites for hydroxylation is 1. The molecule has 1 aromatic heterocycles. The summed E-state index contributed by atoms with van der Waals surface area (Å²) < 4.78 is 2.48. The van der Waals surface area contributed by atoms with Crippen molar-refractivity contribution in [3.05, 3.63) is 90.0 Å². The minimum atomic E-state index is -0.0152. The van der Waals surface area contributed by atoms with Gasteiger partial charge in [0.1, 0.15) is 5.82 Å². The van der Waals surface area contributed by atoms with Gasteiger partial charge in [-0.05, 0) is 30.4 Å². The van der Waals surface area contributed by atoms with E-state index in [4.69, 9.17) is 4.98 Å². The van der Waals surface area contributed by atoms with Crippen LogP contribution in [-0.4, -0.2) is 9.55 Å². The summed E-state index contributed by atoms with van der Waals surface area (Å²) in [5.74, 6) is 1.67. The average molecular weight is 501 g/mol. The number of benzene rings is 2. The molecule has 0 bridgehead atoms. The van der Waals surface area contributed by atoms with Gasteiger partial charge < -0.3 is 4.57 Å². The molecule has 0 aliphatic rings. The van der Waals surface area contributed by atoms with Crippen LogP contribution in [0.25, 0.3) is 0 Å². The minimum absolute atomic E-state index is 0.0152. The molecule has 0 aliphatic carbocycles. The normalized spacial score (nSPS) is 13.9. The summed E-state index contributed by atoms with van der Waals surface area (Å²) in [6.45, 7) is 8.17. The van der Waals surface area contributed by atoms with Gasteiger partial charge in [-0.15, -0.1) is 0 Å². The van der Waals surface area contributed by atoms with E-state index in [2.05, 4.69) is 92.2 Å². The smallest absolute Gasteiger partial charge is 0.112 e. The zero-order valence-corrected chi connectivity index (χ0v) is 24.0. The lowest BCUT2D eigenvalue weighted by Gasteiger charge is -2.39. The Balaban J connectivity index is 1.70. The third-order valence-electron chi connectivity index (χ3n) is 8.27. The largest absolute Gasteiger partial charge is 0.335 e. The molecule has 3 aromatic rings. The third-order valence-corrected chi connectivity index (χ3v) is 8.27. The number of hydrogen-bond donors (Lipinski definition) is 0. The molecule has 1 heterocycles. The highest BCUT2D eigenvalue weighted by Crippen LogP contribution is 2.44. The van der Waals surface area contributed by atoms with Gasteiger partial charge in [0.25, 0.3) is 0 Å². The highest BCUT2D eigenvalue weighted by molar-refractivity contribution is 5.33. The lowest BCUT2D eigenvalue weighted by Crippen LogP contribution is -2.35. The van der Waals surface area contributed by atoms with Crippen LogP contribution in [0.3, 0.4) is 0 Å². The summed E-state index contributed by atoms with van der Waals surface area (Å²) in [7, 11) is 0. The molecule has 0 spiro atoms. The quantitative estimate of drug-likeness (QED) is 0.150. The number of hydrogen-bond acceptors (Lipinski definition) is 1. The van der Waals surface area contributed by atoms with Crippen molar-refractivity contribution in [3.8, 4) is 0 Å². The zero-order valence-electron chi connectivity index (χ0n) is 24.0. The van der Waals surface area contributed by atoms with E-state index >= 15 is 0 Å². The zero-order chi connectivity index (χ0) is 26.2. The Morgan fingerprint density at radius 2 is 1.27 bits per heavy atom. The maximum atomic E-state index is 5.03. The van der Waals surface area contributed by atoms with E-state index < -0.39 is 0 Å². The molecule has 2 nitrogen and oxygen atoms in total. The Labute approximate surface area is 227 Å². The molecule has 202 valence electrons. The van der Waals surface area contributed by atoms with Crippen molar-refractivity contribution in [1.82, 2.24) is 9.55 Å². The van der Waals surface area contributed by atoms with Gasteiger partial charge in [-0.2, -0.15) is 0 Å². The molecule has 0 N–H and O–H groups in total. The van der Waals surface area contributed by atoms with Crippen LogP contribution in [-0.2, 0) is 18.4 Å². The van der Waals surface area contributed by atoms with Crippen LogP contribution in [0.5, 0.6) is 0 Å². The van der Waals surface area contributed by atoms with Crippen molar-refractivity contribution in [1.29, 1.82) is 0 Å². The summed E-state index contributed by atoms with van der Waals surface area (Å²) >= 11 is 0. The second-order valence-electron chi connectivity index (χ2n) is 11.3. The monoisotopic (exact) mass is 500 g/mol. The van der Waals surface area contributed by atoms with E-state index in [0.29, 0.717) is 5.92 Å². The summed E-state index contributed by atoms with van der Waals surface area (Å²) in [4.78, 5) is 5.03. The Bertz CT molecular complexity index is 961. The van der Waals surface area contributed by atoms with Gasteiger partial charge in [0.15, 0.2) is 0 Å². The fourth-order valence-corrected chi connectivity index (χ4v) is 6.00. The second kappa shape index (κ2) is 16.5. The first-order valence-electron chi connectivity index (χ1n) is 15.3. The van der Waals surface area contributed by atoms with Crippen molar-refractivity contribution in [2.45, 2.75) is 129 Å². The van der Waals surface area contributed by atoms with Crippen molar-refractivity contribution in [2.75, 3.05) is 0 Å². The van der Waals surface area contributed by atoms with Gasteiger partial charge in [-0.3, -0.25) is 0 Å². The summed E-state index contributed by atoms with van der Waals surface area (Å²) in [6, 6.07) is 22.2. The van der Waals surface area contributed by atoms with Crippen molar-refractivity contribution in [3.63, 3.8) is 0 Å². The highest BCUT2D eigenvalue weighted by atomic mass is 15.1. The first-order chi connectivity index (χ1) is 18.2. The molecule has 0 saturated carbocycles. The van der Waals surface area contributed by atoms with E-state index in [9.17, 15) is 0 Å². The second-order valence-corrected chi connectivity index (χ2v) is 11.3. The number of imidazole rings is 1. The number of rotatable bonds is 19. The topological polar surface area (TPSA) is 17.8 Å². The molecule has 0 amide bonds. The summed E-state index contributed by atoms with van der Waals surface area (Å²) in [5.41, 5.74) is 2.81. The molecule has 2 aromatic carbocycles. The molecule has 37 heavy (non-hydrogen) atoms. The fourth-order valence-electron chi connectivity index (χ4n) is 6.00. The van der Waals surface area contributed by atoms with E-state index in [-0.39, 0.29) is 5.41 Å². The maximum absolute atomic E-state index is 5.03. The molecule has 3 rings (SSSR count). The first kappa shape index (κ1) is 29.2. The van der Waals surface area contributed by atoms with Gasteiger partial charge in [0.2, 0.25) is 0 Å². The fraction of sp³-hybridized carbons (Fsp3) is 0.571. The Morgan fingerprint density at radius 3 is 1.89 bits per heavy atom. The van der Waals surface area contributed by atoms with E-state index in [1.54, 1.807) is 0 Å². The number of unbranched alkanes of at least 4 members (excludes halogenated alkanes) is 10. The van der Waals surface area contributed by atoms with Gasteiger partial charge in [-0.25, -0.2) is 4.98 Å². The molecule has 0 aliphatic heterocycles. The Morgan fingerprint density at radius 1 is 0.703 bits per heavy atom. The third kappa shape index (κ3) is 9.16. The van der Waals surface area contributed by atoms with Crippen LogP contribution in [0, 0.1) is 0 Å². The van der Waals surface area contributed by atoms with Crippen LogP contribution in [0.4, 0.5) is 0 Å². The predicted octanol–water partition coefficient (Wildman–Crippen LogP) is 10.3. The van der Waals surface area contributed by atoms with Gasteiger partial charge in [0.05, 0.1) is 0 Å². The molecule has 2 heteroatoms. The molecular weight excluding hydrogens is 448 g/mol. The first-order valence-corrected chi connectivity index (χ1v) is 15.3. The maximum Gasteiger partial charge on any atom is 0.112 e. The lowest BCUT2D eigenvalue weighted by molar-refractivity contribution is 0.324. The summed E-state index contributed by atoms with van der Waals surface area (Å²) in [5, 5.41) is 0. The van der Waals surface area contributed by atoms with Crippen LogP contribution in [0.15, 0.2) is 73.1 Å². The molecule has 0 radical (unpaired) electrons. The number of aromatic nitrogens is 2. The van der Waals surface area contributed by atoms with Crippen LogP contribution in [0.1, 0.15) is 127 Å². The van der Waals surface area contributed by atoms with Crippen LogP contribution < -0.4 is 0 Å². The molecule has 2 atom stereocenters. The van der Waals surface area contributed by atoms with E-state index in [1.807, 2.05) is 6.20 Å². The molecule has 2 unspecified atom stereocenters. The Hall–Kier alpha value is -2.35. The van der Waals surface area contributed by atoms with E-state index in [1.165, 1.54) is 100 Å². The minimum Gasteiger partial charge on any atom is -0.335 e. The standard InChI is InChI=1S/C35H52N2/c1-4-6-8-9-10-11-12-13-14-21-28-37-29-27-36-34(37)33(26-7-5-2)35(3,32-24-19-16-20-25-32)30-31-22-17-15-18-23-31/h15-20,22-25,27,29,33H,4-14,21,26,28,30H2,1-3H3. The SMILES string of the molecule is CCCCCCCCCCCCn1ccnc1C(CCCC)C(C)(Cc1ccccc1)c1ccccc1. The van der Waals surface area contributed by atoms with Crippen LogP contribution in [0.2, 0.25) is 0 Å². The molecular formula is C35H52N2. The lowest BCUT2D eigenvalue weighted by atomic mass is 9.66. The van der Waals surface area contributed by atoms with E-state index in [0.717, 1.165) is 13.0 Å². The predicted molar refractivity (Wildman–Crippen MR) is 160 cm³/mol. The Kier molecular flexibility index (Phi) is 13.0. The van der Waals surface area contributed by atoms with Gasteiger partial charge >= 0.3 is 0 Å². The number of nitrogens with zero attached hydrogens (tertiary/aromatic N) is 2. The summed E-state index contributed by atoms with van der Waals surface area (Å²) in [6.07, 6.45) is 22.7. The van der Waals surface area contributed by atoms with Crippen LogP contribution >= 0.6 is 0 Å². The molecule has 0 fully saturated rings. The van der Waals surface area contributed by atoms with Crippen molar-refractivity contribution >= 4 is 0 Å². The highest BCUT2D eigenvalue weighted by Gasteiger charge is 2.39. The van der Waals surface area contributed by atoms with Gasteiger partial charge in [-0.1, -0.05) is 152 Å². The van der Waals surface area contributed by atoms with Gasteiger partial charge in [0, 0.05) is 30.3 Å². The van der Waals surface area contributed by atoms with Crippen molar-refractivity contribution in [2.24, 2.45) is 0 Å². The van der Waals surface area contributed by atoms with Crippen molar-refractivity contribution < 1.29 is 0 Å².